The molecule has 150 valence electrons. The molecule has 1 saturated heterocycles. The van der Waals surface area contributed by atoms with E-state index in [1.807, 2.05) is 17.0 Å². The minimum atomic E-state index is -2.61. The molecule has 0 spiro atoms. The van der Waals surface area contributed by atoms with Gasteiger partial charge in [-0.05, 0) is 15.4 Å². The number of carbonyl (C=O) groups excluding carboxylic acids is 1. The number of nitrogens with zero attached hydrogens (tertiary/aromatic N) is 1. The van der Waals surface area contributed by atoms with Crippen LogP contribution < -0.4 is 10.4 Å². The first-order valence-electron chi connectivity index (χ1n) is 9.94. The number of rotatable bonds is 7. The molecule has 0 N–H and O–H groups in total. The van der Waals surface area contributed by atoms with Crippen molar-refractivity contribution in [1.29, 1.82) is 0 Å². The molecular formula is C23H31NO3Si. The molecule has 0 bridgehead atoms. The number of hydrogen-bond donors (Lipinski definition) is 0. The number of amides is 1. The van der Waals surface area contributed by atoms with Gasteiger partial charge in [0.05, 0.1) is 19.1 Å². The first-order valence-corrected chi connectivity index (χ1v) is 11.8. The van der Waals surface area contributed by atoms with E-state index in [0.717, 1.165) is 0 Å². The normalized spacial score (nSPS) is 17.9. The second-order valence-corrected chi connectivity index (χ2v) is 12.7. The van der Waals surface area contributed by atoms with Crippen molar-refractivity contribution in [3.63, 3.8) is 0 Å². The van der Waals surface area contributed by atoms with Crippen molar-refractivity contribution in [2.24, 2.45) is 0 Å². The molecule has 3 rings (SSSR count). The molecule has 2 aromatic carbocycles. The van der Waals surface area contributed by atoms with E-state index in [1.54, 1.807) is 7.11 Å². The highest BCUT2D eigenvalue weighted by molar-refractivity contribution is 6.99. The Hall–Kier alpha value is -1.95. The van der Waals surface area contributed by atoms with Gasteiger partial charge in [0.25, 0.3) is 8.32 Å². The summed E-state index contributed by atoms with van der Waals surface area (Å²) in [6.45, 7) is 8.59. The third-order valence-corrected chi connectivity index (χ3v) is 10.6. The summed E-state index contributed by atoms with van der Waals surface area (Å²) in [4.78, 5) is 14.4. The van der Waals surface area contributed by atoms with Crippen molar-refractivity contribution >= 4 is 24.6 Å². The summed E-state index contributed by atoms with van der Waals surface area (Å²) in [6.07, 6.45) is 0.337. The Morgan fingerprint density at radius 1 is 1.00 bits per heavy atom. The highest BCUT2D eigenvalue weighted by Crippen LogP contribution is 2.38. The van der Waals surface area contributed by atoms with Gasteiger partial charge in [-0.25, -0.2) is 0 Å². The molecular weight excluding hydrogens is 366 g/mol. The zero-order valence-corrected chi connectivity index (χ0v) is 18.4. The third-order valence-electron chi connectivity index (χ3n) is 5.50. The molecule has 1 amide bonds. The molecule has 0 aliphatic carbocycles. The highest BCUT2D eigenvalue weighted by Gasteiger charge is 2.52. The molecule has 1 heterocycles. The Labute approximate surface area is 169 Å². The Morgan fingerprint density at radius 2 is 1.54 bits per heavy atom. The highest BCUT2D eigenvalue weighted by atomic mass is 28.4. The summed E-state index contributed by atoms with van der Waals surface area (Å²) in [6, 6.07) is 21.2. The van der Waals surface area contributed by atoms with Crippen molar-refractivity contribution < 1.29 is 14.0 Å². The van der Waals surface area contributed by atoms with Gasteiger partial charge in [0.2, 0.25) is 5.91 Å². The third kappa shape index (κ3) is 4.07. The summed E-state index contributed by atoms with van der Waals surface area (Å²) in [7, 11) is -0.951. The molecule has 5 heteroatoms. The van der Waals surface area contributed by atoms with Crippen molar-refractivity contribution in [2.45, 2.75) is 38.3 Å². The maximum atomic E-state index is 12.5. The van der Waals surface area contributed by atoms with Crippen molar-refractivity contribution in [2.75, 3.05) is 26.8 Å². The maximum Gasteiger partial charge on any atom is 0.261 e. The van der Waals surface area contributed by atoms with Gasteiger partial charge in [0, 0.05) is 20.2 Å². The number of carbonyl (C=O) groups is 1. The van der Waals surface area contributed by atoms with Gasteiger partial charge in [-0.3, -0.25) is 4.79 Å². The van der Waals surface area contributed by atoms with E-state index in [-0.39, 0.29) is 17.0 Å². The lowest BCUT2D eigenvalue weighted by Gasteiger charge is -2.44. The van der Waals surface area contributed by atoms with Crippen LogP contribution in [0.2, 0.25) is 5.04 Å². The van der Waals surface area contributed by atoms with Crippen molar-refractivity contribution in [1.82, 2.24) is 4.90 Å². The molecule has 1 atom stereocenters. The van der Waals surface area contributed by atoms with Crippen LogP contribution in [0.15, 0.2) is 60.7 Å². The van der Waals surface area contributed by atoms with Crippen LogP contribution in [0.3, 0.4) is 0 Å². The van der Waals surface area contributed by atoms with E-state index in [0.29, 0.717) is 26.1 Å². The van der Waals surface area contributed by atoms with E-state index in [9.17, 15) is 4.79 Å². The fourth-order valence-corrected chi connectivity index (χ4v) is 8.85. The predicted molar refractivity (Wildman–Crippen MR) is 116 cm³/mol. The Morgan fingerprint density at radius 3 is 2.00 bits per heavy atom. The van der Waals surface area contributed by atoms with Crippen LogP contribution in [0, 0.1) is 0 Å². The number of likely N-dealkylation sites (tertiary alicyclic amines) is 1. The molecule has 1 aliphatic heterocycles. The van der Waals surface area contributed by atoms with Gasteiger partial charge in [-0.1, -0.05) is 81.4 Å². The van der Waals surface area contributed by atoms with Crippen molar-refractivity contribution in [3.05, 3.63) is 60.7 Å². The molecule has 0 saturated carbocycles. The fourth-order valence-electron chi connectivity index (χ4n) is 4.17. The molecule has 0 radical (unpaired) electrons. The largest absolute Gasteiger partial charge is 0.402 e. The van der Waals surface area contributed by atoms with E-state index < -0.39 is 8.32 Å². The van der Waals surface area contributed by atoms with Crippen LogP contribution in [0.1, 0.15) is 27.2 Å². The molecule has 1 fully saturated rings. The number of methoxy groups -OCH3 is 1. The van der Waals surface area contributed by atoms with Gasteiger partial charge < -0.3 is 14.1 Å². The van der Waals surface area contributed by atoms with Gasteiger partial charge in [0.15, 0.2) is 0 Å². The van der Waals surface area contributed by atoms with E-state index >= 15 is 0 Å². The van der Waals surface area contributed by atoms with E-state index in [1.165, 1.54) is 10.4 Å². The van der Waals surface area contributed by atoms with Gasteiger partial charge in [0.1, 0.15) is 0 Å². The zero-order valence-electron chi connectivity index (χ0n) is 17.4. The average molecular weight is 398 g/mol. The summed E-state index contributed by atoms with van der Waals surface area (Å²) in [5.74, 6) is 0.153. The van der Waals surface area contributed by atoms with Crippen LogP contribution in [0.4, 0.5) is 0 Å². The topological polar surface area (TPSA) is 38.8 Å². The Balaban J connectivity index is 2.01. The van der Waals surface area contributed by atoms with Gasteiger partial charge in [-0.15, -0.1) is 0 Å². The quantitative estimate of drug-likeness (QED) is 0.675. The average Bonchev–Trinajstić information content (AvgIpc) is 3.04. The Bertz CT molecular complexity index is 734. The number of benzene rings is 2. The lowest BCUT2D eigenvalue weighted by atomic mass is 10.2. The lowest BCUT2D eigenvalue weighted by molar-refractivity contribution is -0.128. The van der Waals surface area contributed by atoms with Crippen LogP contribution >= 0.6 is 0 Å². The summed E-state index contributed by atoms with van der Waals surface area (Å²) in [5, 5.41) is 2.41. The molecule has 0 aromatic heterocycles. The monoisotopic (exact) mass is 397 g/mol. The number of hydrogen-bond acceptors (Lipinski definition) is 3. The van der Waals surface area contributed by atoms with Gasteiger partial charge >= 0.3 is 0 Å². The van der Waals surface area contributed by atoms with Crippen LogP contribution in [-0.2, 0) is 14.0 Å². The second-order valence-electron chi connectivity index (χ2n) is 8.44. The lowest BCUT2D eigenvalue weighted by Crippen LogP contribution is -2.67. The van der Waals surface area contributed by atoms with Crippen LogP contribution in [0.25, 0.3) is 0 Å². The fraction of sp³-hybridized carbons (Fsp3) is 0.435. The predicted octanol–water partition coefficient (Wildman–Crippen LogP) is 2.81. The summed E-state index contributed by atoms with van der Waals surface area (Å²) in [5.41, 5.74) is 0. The first kappa shape index (κ1) is 20.8. The van der Waals surface area contributed by atoms with E-state index in [2.05, 4.69) is 69.3 Å². The van der Waals surface area contributed by atoms with Gasteiger partial charge in [-0.2, -0.15) is 0 Å². The van der Waals surface area contributed by atoms with Crippen LogP contribution in [0.5, 0.6) is 0 Å². The smallest absolute Gasteiger partial charge is 0.261 e. The van der Waals surface area contributed by atoms with E-state index in [4.69, 9.17) is 9.16 Å². The molecule has 0 unspecified atom stereocenters. The zero-order chi connectivity index (χ0) is 20.2. The summed E-state index contributed by atoms with van der Waals surface area (Å²) >= 11 is 0. The molecule has 2 aromatic rings. The molecule has 28 heavy (non-hydrogen) atoms. The number of ether oxygens (including phenoxy) is 1. The summed E-state index contributed by atoms with van der Waals surface area (Å²) < 4.78 is 12.2. The first-order chi connectivity index (χ1) is 13.4. The molecule has 4 nitrogen and oxygen atoms in total. The standard InChI is InChI=1S/C23H31NO3Si/c1-23(2,3)28(20-11-7-5-8-12-20,21-13-9-6-10-14-21)27-19-17-22(25)24(18-19)15-16-26-4/h5-14,19H,15-18H2,1-4H3/t19-/m1/s1. The maximum absolute atomic E-state index is 12.5. The minimum absolute atomic E-state index is 0.0846. The Kier molecular flexibility index (Phi) is 6.38. The van der Waals surface area contributed by atoms with Crippen LogP contribution in [-0.4, -0.2) is 52.0 Å². The van der Waals surface area contributed by atoms with Crippen molar-refractivity contribution in [3.8, 4) is 0 Å². The minimum Gasteiger partial charge on any atom is -0.402 e. The second kappa shape index (κ2) is 8.60. The molecule has 1 aliphatic rings. The SMILES string of the molecule is COCCN1C[C@H](O[Si](c2ccccc2)(c2ccccc2)C(C)(C)C)CC1=O.